The third kappa shape index (κ3) is 1.69. The molecule has 0 saturated carbocycles. The minimum absolute atomic E-state index is 0.0240. The Balaban J connectivity index is 2.69. The fraction of sp³-hybridized carbons (Fsp3) is 0. The van der Waals surface area contributed by atoms with E-state index in [0.29, 0.717) is 6.29 Å². The molecule has 0 aliphatic carbocycles. The summed E-state index contributed by atoms with van der Waals surface area (Å²) in [7, 11) is 0. The average Bonchev–Trinajstić information content (AvgIpc) is 2.29. The smallest absolute Gasteiger partial charge is 0.153 e. The van der Waals surface area contributed by atoms with Crippen LogP contribution in [0.15, 0.2) is 36.5 Å². The predicted molar refractivity (Wildman–Crippen MR) is 55.0 cm³/mol. The number of pyridine rings is 1. The number of aromatic nitrogens is 1. The van der Waals surface area contributed by atoms with Gasteiger partial charge in [0.25, 0.3) is 0 Å². The minimum Gasteiger partial charge on any atom is -0.298 e. The van der Waals surface area contributed by atoms with Gasteiger partial charge in [0.05, 0.1) is 5.56 Å². The highest BCUT2D eigenvalue weighted by Gasteiger charge is 2.13. The van der Waals surface area contributed by atoms with Crippen LogP contribution in [0.3, 0.4) is 0 Å². The van der Waals surface area contributed by atoms with E-state index < -0.39 is 11.6 Å². The summed E-state index contributed by atoms with van der Waals surface area (Å²) < 4.78 is 26.7. The summed E-state index contributed by atoms with van der Waals surface area (Å²) in [6.45, 7) is 0. The van der Waals surface area contributed by atoms with Crippen molar-refractivity contribution in [2.45, 2.75) is 0 Å². The van der Waals surface area contributed by atoms with Crippen LogP contribution >= 0.6 is 0 Å². The van der Waals surface area contributed by atoms with Gasteiger partial charge in [0.1, 0.15) is 17.3 Å². The molecule has 80 valence electrons. The van der Waals surface area contributed by atoms with Gasteiger partial charge in [0, 0.05) is 11.8 Å². The normalized spacial score (nSPS) is 10.1. The van der Waals surface area contributed by atoms with Crippen molar-refractivity contribution in [1.29, 1.82) is 0 Å². The number of benzene rings is 1. The molecule has 2 nitrogen and oxygen atoms in total. The summed E-state index contributed by atoms with van der Waals surface area (Å²) in [4.78, 5) is 14.5. The first kappa shape index (κ1) is 10.4. The van der Waals surface area contributed by atoms with Crippen molar-refractivity contribution in [2.75, 3.05) is 0 Å². The number of rotatable bonds is 2. The summed E-state index contributed by atoms with van der Waals surface area (Å²) >= 11 is 0. The van der Waals surface area contributed by atoms with Crippen LogP contribution < -0.4 is 0 Å². The zero-order valence-corrected chi connectivity index (χ0v) is 8.15. The van der Waals surface area contributed by atoms with E-state index in [0.717, 1.165) is 6.07 Å². The molecular formula is C12H7F2NO. The number of aldehydes is 1. The predicted octanol–water partition coefficient (Wildman–Crippen LogP) is 2.84. The zero-order chi connectivity index (χ0) is 11.5. The average molecular weight is 219 g/mol. The van der Waals surface area contributed by atoms with Crippen LogP contribution in [0.5, 0.6) is 0 Å². The highest BCUT2D eigenvalue weighted by Crippen LogP contribution is 2.24. The Bertz CT molecular complexity index is 540. The minimum atomic E-state index is -0.683. The lowest BCUT2D eigenvalue weighted by Gasteiger charge is -2.05. The number of hydrogen-bond acceptors (Lipinski definition) is 2. The Morgan fingerprint density at radius 2 is 1.81 bits per heavy atom. The molecule has 1 heterocycles. The van der Waals surface area contributed by atoms with Gasteiger partial charge in [-0.25, -0.2) is 8.78 Å². The Labute approximate surface area is 90.6 Å². The summed E-state index contributed by atoms with van der Waals surface area (Å²) in [5.41, 5.74) is -0.0442. The summed E-state index contributed by atoms with van der Waals surface area (Å²) in [6.07, 6.45) is 1.75. The van der Waals surface area contributed by atoms with E-state index in [4.69, 9.17) is 0 Å². The monoisotopic (exact) mass is 219 g/mol. The van der Waals surface area contributed by atoms with Crippen LogP contribution in [-0.2, 0) is 0 Å². The molecule has 0 aliphatic heterocycles. The second-order valence-corrected chi connectivity index (χ2v) is 3.15. The van der Waals surface area contributed by atoms with Crippen molar-refractivity contribution < 1.29 is 13.6 Å². The van der Waals surface area contributed by atoms with Crippen LogP contribution in [0.1, 0.15) is 10.4 Å². The van der Waals surface area contributed by atoms with Crippen molar-refractivity contribution in [3.63, 3.8) is 0 Å². The number of carbonyl (C=O) groups excluding carboxylic acids is 1. The van der Waals surface area contributed by atoms with Gasteiger partial charge in [0.15, 0.2) is 6.29 Å². The van der Waals surface area contributed by atoms with Crippen molar-refractivity contribution in [3.05, 3.63) is 53.7 Å². The number of nitrogens with zero attached hydrogens (tertiary/aromatic N) is 1. The molecule has 0 aliphatic rings. The maximum atomic E-state index is 13.4. The van der Waals surface area contributed by atoms with Gasteiger partial charge in [-0.05, 0) is 18.2 Å². The number of halogens is 2. The van der Waals surface area contributed by atoms with Gasteiger partial charge in [-0.15, -0.1) is 0 Å². The molecule has 2 rings (SSSR count). The Morgan fingerprint density at radius 3 is 2.50 bits per heavy atom. The van der Waals surface area contributed by atoms with Gasteiger partial charge >= 0.3 is 0 Å². The molecule has 0 fully saturated rings. The molecule has 0 radical (unpaired) electrons. The summed E-state index contributed by atoms with van der Waals surface area (Å²) in [5, 5.41) is 0. The Hall–Kier alpha value is -2.10. The molecule has 0 unspecified atom stereocenters. The van der Waals surface area contributed by atoms with Crippen molar-refractivity contribution in [1.82, 2.24) is 4.98 Å². The van der Waals surface area contributed by atoms with E-state index in [9.17, 15) is 13.6 Å². The van der Waals surface area contributed by atoms with Crippen LogP contribution in [0.25, 0.3) is 11.3 Å². The topological polar surface area (TPSA) is 30.0 Å². The van der Waals surface area contributed by atoms with E-state index in [-0.39, 0.29) is 16.8 Å². The molecular weight excluding hydrogens is 212 g/mol. The molecule has 4 heteroatoms. The SMILES string of the molecule is O=Cc1c(F)cccc1-c1ncccc1F. The van der Waals surface area contributed by atoms with Gasteiger partial charge in [0.2, 0.25) is 0 Å². The third-order valence-electron chi connectivity index (χ3n) is 2.18. The fourth-order valence-corrected chi connectivity index (χ4v) is 1.45. The number of hydrogen-bond donors (Lipinski definition) is 0. The van der Waals surface area contributed by atoms with Gasteiger partial charge in [-0.3, -0.25) is 9.78 Å². The maximum absolute atomic E-state index is 13.4. The molecule has 0 N–H and O–H groups in total. The summed E-state index contributed by atoms with van der Waals surface area (Å²) in [5.74, 6) is -1.27. The highest BCUT2D eigenvalue weighted by molar-refractivity contribution is 5.86. The van der Waals surface area contributed by atoms with Gasteiger partial charge in [-0.2, -0.15) is 0 Å². The molecule has 16 heavy (non-hydrogen) atoms. The molecule has 0 bridgehead atoms. The largest absolute Gasteiger partial charge is 0.298 e. The first-order chi connectivity index (χ1) is 7.74. The zero-order valence-electron chi connectivity index (χ0n) is 8.15. The van der Waals surface area contributed by atoms with E-state index in [1.165, 1.54) is 30.5 Å². The molecule has 1 aromatic heterocycles. The Morgan fingerprint density at radius 1 is 1.06 bits per heavy atom. The second kappa shape index (κ2) is 4.18. The number of carbonyl (C=O) groups is 1. The lowest BCUT2D eigenvalue weighted by molar-refractivity contribution is 0.112. The van der Waals surface area contributed by atoms with Gasteiger partial charge < -0.3 is 0 Å². The van der Waals surface area contributed by atoms with Crippen LogP contribution in [-0.4, -0.2) is 11.3 Å². The van der Waals surface area contributed by atoms with E-state index in [1.807, 2.05) is 0 Å². The molecule has 0 spiro atoms. The van der Waals surface area contributed by atoms with Crippen molar-refractivity contribution in [3.8, 4) is 11.3 Å². The maximum Gasteiger partial charge on any atom is 0.153 e. The summed E-state index contributed by atoms with van der Waals surface area (Å²) in [6, 6.07) is 6.65. The quantitative estimate of drug-likeness (QED) is 0.727. The molecule has 0 amide bonds. The lowest BCUT2D eigenvalue weighted by atomic mass is 10.0. The van der Waals surface area contributed by atoms with Crippen LogP contribution in [0.4, 0.5) is 8.78 Å². The van der Waals surface area contributed by atoms with Crippen molar-refractivity contribution >= 4 is 6.29 Å². The van der Waals surface area contributed by atoms with Gasteiger partial charge in [-0.1, -0.05) is 12.1 Å². The second-order valence-electron chi connectivity index (χ2n) is 3.15. The van der Waals surface area contributed by atoms with Crippen LogP contribution in [0.2, 0.25) is 0 Å². The van der Waals surface area contributed by atoms with E-state index in [2.05, 4.69) is 4.98 Å². The first-order valence-electron chi connectivity index (χ1n) is 4.58. The first-order valence-corrected chi connectivity index (χ1v) is 4.58. The molecule has 0 atom stereocenters. The standard InChI is InChI=1S/C12H7F2NO/c13-10-4-1-3-8(9(10)7-16)12-11(14)5-2-6-15-12/h1-7H. The third-order valence-corrected chi connectivity index (χ3v) is 2.18. The lowest BCUT2D eigenvalue weighted by Crippen LogP contribution is -1.96. The fourth-order valence-electron chi connectivity index (χ4n) is 1.45. The molecule has 0 saturated heterocycles. The highest BCUT2D eigenvalue weighted by atomic mass is 19.1. The van der Waals surface area contributed by atoms with Crippen LogP contribution in [0, 0.1) is 11.6 Å². The molecule has 2 aromatic rings. The van der Waals surface area contributed by atoms with E-state index in [1.54, 1.807) is 0 Å². The molecule has 1 aromatic carbocycles. The van der Waals surface area contributed by atoms with E-state index >= 15 is 0 Å². The van der Waals surface area contributed by atoms with Crippen molar-refractivity contribution in [2.24, 2.45) is 0 Å². The Kier molecular flexibility index (Phi) is 2.72.